The summed E-state index contributed by atoms with van der Waals surface area (Å²) in [6.45, 7) is 1.78. The third-order valence-corrected chi connectivity index (χ3v) is 3.41. The number of nitrogens with one attached hydrogen (secondary N) is 1. The van der Waals surface area contributed by atoms with Gasteiger partial charge in [-0.15, -0.1) is 11.3 Å². The van der Waals surface area contributed by atoms with Crippen LogP contribution in [-0.2, 0) is 0 Å². The Morgan fingerprint density at radius 2 is 2.47 bits per heavy atom. The summed E-state index contributed by atoms with van der Waals surface area (Å²) in [5.74, 6) is 0. The predicted octanol–water partition coefficient (Wildman–Crippen LogP) is 0.876. The lowest BCUT2D eigenvalue weighted by atomic mass is 10.2. The van der Waals surface area contributed by atoms with Gasteiger partial charge in [-0.2, -0.15) is 5.26 Å². The molecule has 2 aromatic rings. The van der Waals surface area contributed by atoms with Crippen molar-refractivity contribution in [2.24, 2.45) is 5.73 Å². The largest absolute Gasteiger partial charge is 0.323 e. The third kappa shape index (κ3) is 1.42. The van der Waals surface area contributed by atoms with Crippen LogP contribution in [0.5, 0.6) is 0 Å². The van der Waals surface area contributed by atoms with Gasteiger partial charge in [0.25, 0.3) is 5.56 Å². The second-order valence-electron chi connectivity index (χ2n) is 3.15. The molecule has 1 unspecified atom stereocenters. The van der Waals surface area contributed by atoms with Gasteiger partial charge < -0.3 is 10.7 Å². The topological polar surface area (TPSA) is 95.6 Å². The minimum Gasteiger partial charge on any atom is -0.323 e. The maximum Gasteiger partial charge on any atom is 0.268 e. The van der Waals surface area contributed by atoms with E-state index >= 15 is 0 Å². The fourth-order valence-electron chi connectivity index (χ4n) is 1.37. The number of nitriles is 1. The van der Waals surface area contributed by atoms with Gasteiger partial charge in [-0.25, -0.2) is 4.98 Å². The van der Waals surface area contributed by atoms with Crippen LogP contribution in [0.2, 0.25) is 0 Å². The van der Waals surface area contributed by atoms with E-state index in [1.165, 1.54) is 17.7 Å². The van der Waals surface area contributed by atoms with Gasteiger partial charge in [0.2, 0.25) is 0 Å². The van der Waals surface area contributed by atoms with Crippen molar-refractivity contribution < 1.29 is 0 Å². The Morgan fingerprint density at radius 3 is 3.07 bits per heavy atom. The van der Waals surface area contributed by atoms with Crippen LogP contribution in [0.25, 0.3) is 10.2 Å². The SMILES string of the molecule is CC(N)c1sc2c(=O)[nH]cnc2c1C#N. The molecule has 0 aliphatic carbocycles. The summed E-state index contributed by atoms with van der Waals surface area (Å²) in [5, 5.41) is 8.99. The zero-order chi connectivity index (χ0) is 11.0. The highest BCUT2D eigenvalue weighted by Gasteiger charge is 2.17. The Hall–Kier alpha value is -1.71. The van der Waals surface area contributed by atoms with Crippen LogP contribution in [0.15, 0.2) is 11.1 Å². The van der Waals surface area contributed by atoms with Gasteiger partial charge in [-0.1, -0.05) is 0 Å². The van der Waals surface area contributed by atoms with E-state index in [2.05, 4.69) is 9.97 Å². The van der Waals surface area contributed by atoms with Gasteiger partial charge >= 0.3 is 0 Å². The standard InChI is InChI=1S/C9H8N4OS/c1-4(11)7-5(2-10)6-8(15-7)9(14)13-3-12-6/h3-4H,11H2,1H3,(H,12,13,14). The molecule has 0 aliphatic rings. The second-order valence-corrected chi connectivity index (χ2v) is 4.20. The van der Waals surface area contributed by atoms with E-state index < -0.39 is 0 Å². The van der Waals surface area contributed by atoms with Crippen molar-refractivity contribution in [2.75, 3.05) is 0 Å². The molecule has 2 heterocycles. The normalized spacial score (nSPS) is 12.6. The molecule has 0 amide bonds. The second kappa shape index (κ2) is 3.46. The molecule has 0 saturated heterocycles. The van der Waals surface area contributed by atoms with Crippen molar-refractivity contribution >= 4 is 21.6 Å². The first-order valence-electron chi connectivity index (χ1n) is 4.31. The van der Waals surface area contributed by atoms with Crippen LogP contribution in [0.4, 0.5) is 0 Å². The van der Waals surface area contributed by atoms with E-state index in [1.807, 2.05) is 6.07 Å². The van der Waals surface area contributed by atoms with Gasteiger partial charge in [0, 0.05) is 10.9 Å². The maximum atomic E-state index is 11.4. The number of hydrogen-bond donors (Lipinski definition) is 2. The molecule has 0 aliphatic heterocycles. The smallest absolute Gasteiger partial charge is 0.268 e. The zero-order valence-electron chi connectivity index (χ0n) is 7.94. The van der Waals surface area contributed by atoms with Crippen LogP contribution in [0.3, 0.4) is 0 Å². The van der Waals surface area contributed by atoms with Gasteiger partial charge in [0.15, 0.2) is 0 Å². The summed E-state index contributed by atoms with van der Waals surface area (Å²) in [7, 11) is 0. The summed E-state index contributed by atoms with van der Waals surface area (Å²) in [5.41, 5.74) is 6.35. The predicted molar refractivity (Wildman–Crippen MR) is 57.6 cm³/mol. The summed E-state index contributed by atoms with van der Waals surface area (Å²) < 4.78 is 0.460. The van der Waals surface area contributed by atoms with Crippen molar-refractivity contribution in [3.8, 4) is 6.07 Å². The molecule has 2 rings (SSSR count). The van der Waals surface area contributed by atoms with E-state index in [4.69, 9.17) is 11.0 Å². The Kier molecular flexibility index (Phi) is 2.26. The van der Waals surface area contributed by atoms with Gasteiger partial charge in [0.05, 0.1) is 11.9 Å². The highest BCUT2D eigenvalue weighted by molar-refractivity contribution is 7.19. The Morgan fingerprint density at radius 1 is 1.73 bits per heavy atom. The van der Waals surface area contributed by atoms with Crippen LogP contribution in [0.1, 0.15) is 23.4 Å². The molecule has 0 spiro atoms. The number of nitrogens with zero attached hydrogens (tertiary/aromatic N) is 2. The van der Waals surface area contributed by atoms with Crippen molar-refractivity contribution in [1.29, 1.82) is 5.26 Å². The number of thiophene rings is 1. The summed E-state index contributed by atoms with van der Waals surface area (Å²) in [4.78, 5) is 18.6. The van der Waals surface area contributed by atoms with Crippen molar-refractivity contribution in [3.05, 3.63) is 27.1 Å². The van der Waals surface area contributed by atoms with Crippen LogP contribution >= 0.6 is 11.3 Å². The maximum absolute atomic E-state index is 11.4. The molecule has 1 atom stereocenters. The first kappa shape index (κ1) is 9.83. The van der Waals surface area contributed by atoms with Gasteiger partial charge in [0.1, 0.15) is 16.3 Å². The minimum atomic E-state index is -0.266. The highest BCUT2D eigenvalue weighted by Crippen LogP contribution is 2.30. The Bertz CT molecular complexity index is 605. The van der Waals surface area contributed by atoms with Crippen LogP contribution < -0.4 is 11.3 Å². The molecular weight excluding hydrogens is 212 g/mol. The quantitative estimate of drug-likeness (QED) is 0.745. The molecule has 5 nitrogen and oxygen atoms in total. The summed E-state index contributed by atoms with van der Waals surface area (Å²) in [6.07, 6.45) is 1.29. The fourth-order valence-corrected chi connectivity index (χ4v) is 2.42. The van der Waals surface area contributed by atoms with Crippen molar-refractivity contribution in [1.82, 2.24) is 9.97 Å². The van der Waals surface area contributed by atoms with E-state index in [1.54, 1.807) is 6.92 Å². The molecule has 2 aromatic heterocycles. The molecule has 6 heteroatoms. The molecule has 0 aromatic carbocycles. The zero-order valence-corrected chi connectivity index (χ0v) is 8.76. The first-order valence-corrected chi connectivity index (χ1v) is 5.12. The monoisotopic (exact) mass is 220 g/mol. The van der Waals surface area contributed by atoms with Gasteiger partial charge in [-0.05, 0) is 6.92 Å². The Labute approximate surface area is 89.2 Å². The van der Waals surface area contributed by atoms with E-state index in [0.717, 1.165) is 0 Å². The molecule has 0 radical (unpaired) electrons. The highest BCUT2D eigenvalue weighted by atomic mass is 32.1. The summed E-state index contributed by atoms with van der Waals surface area (Å²) in [6, 6.07) is 1.78. The lowest BCUT2D eigenvalue weighted by Crippen LogP contribution is -2.04. The van der Waals surface area contributed by atoms with Gasteiger partial charge in [-0.3, -0.25) is 4.79 Å². The number of rotatable bonds is 1. The average Bonchev–Trinajstić information content (AvgIpc) is 2.57. The first-order chi connectivity index (χ1) is 7.15. The number of hydrogen-bond acceptors (Lipinski definition) is 5. The lowest BCUT2D eigenvalue weighted by molar-refractivity contribution is 0.836. The molecule has 0 saturated carbocycles. The number of aromatic amines is 1. The van der Waals surface area contributed by atoms with Crippen LogP contribution in [-0.4, -0.2) is 9.97 Å². The molecule has 76 valence electrons. The fraction of sp³-hybridized carbons (Fsp3) is 0.222. The molecular formula is C9H8N4OS. The van der Waals surface area contributed by atoms with E-state index in [9.17, 15) is 4.79 Å². The lowest BCUT2D eigenvalue weighted by Gasteiger charge is -1.99. The third-order valence-electron chi connectivity index (χ3n) is 2.03. The molecule has 3 N–H and O–H groups in total. The number of fused-ring (bicyclic) bond motifs is 1. The number of aromatic nitrogens is 2. The minimum absolute atomic E-state index is 0.228. The van der Waals surface area contributed by atoms with E-state index in [0.29, 0.717) is 20.7 Å². The summed E-state index contributed by atoms with van der Waals surface area (Å²) >= 11 is 1.23. The molecule has 15 heavy (non-hydrogen) atoms. The molecule has 0 fully saturated rings. The average molecular weight is 220 g/mol. The molecule has 0 bridgehead atoms. The van der Waals surface area contributed by atoms with Crippen molar-refractivity contribution in [2.45, 2.75) is 13.0 Å². The number of nitrogens with two attached hydrogens (primary N) is 1. The Balaban J connectivity index is 2.93. The number of H-pyrrole nitrogens is 1. The van der Waals surface area contributed by atoms with Crippen LogP contribution in [0, 0.1) is 11.3 Å². The van der Waals surface area contributed by atoms with E-state index in [-0.39, 0.29) is 11.6 Å². The van der Waals surface area contributed by atoms with Crippen molar-refractivity contribution in [3.63, 3.8) is 0 Å².